The van der Waals surface area contributed by atoms with Crippen LogP contribution in [0.25, 0.3) is 0 Å². The number of aliphatic hydroxyl groups excluding tert-OH is 1. The fourth-order valence-corrected chi connectivity index (χ4v) is 2.73. The summed E-state index contributed by atoms with van der Waals surface area (Å²) in [5, 5.41) is 10.1. The number of unbranched alkanes of at least 4 members (excludes halogenated alkanes) is 1. The normalized spacial score (nSPS) is 23.1. The number of aliphatic hydroxyl groups is 1. The van der Waals surface area contributed by atoms with Crippen LogP contribution in [0.3, 0.4) is 0 Å². The molecule has 1 aliphatic rings. The molecule has 1 heterocycles. The number of nitrogens with zero attached hydrogens (tertiary/aromatic N) is 1. The molecule has 0 saturated heterocycles. The van der Waals surface area contributed by atoms with E-state index in [9.17, 15) is 5.11 Å². The molecule has 2 heteroatoms. The number of hydrogen-bond donors (Lipinski definition) is 1. The van der Waals surface area contributed by atoms with Crippen LogP contribution < -0.4 is 0 Å². The van der Waals surface area contributed by atoms with E-state index in [1.165, 1.54) is 18.5 Å². The molecule has 1 unspecified atom stereocenters. The van der Waals surface area contributed by atoms with Crippen LogP contribution >= 0.6 is 0 Å². The summed E-state index contributed by atoms with van der Waals surface area (Å²) >= 11 is 0. The monoisotopic (exact) mass is 221 g/mol. The zero-order valence-corrected chi connectivity index (χ0v) is 10.7. The minimum atomic E-state index is -0.262. The molecule has 90 valence electrons. The molecular formula is C14H23NO. The van der Waals surface area contributed by atoms with E-state index < -0.39 is 0 Å². The fourth-order valence-electron chi connectivity index (χ4n) is 2.73. The standard InChI is InChI=1S/C14H23NO/c1-4-5-7-15-8-6-11-12(15)9-14(2,3)10-13(11)16/h6,8,13,16H,4-5,7,9-10H2,1-3H3. The minimum absolute atomic E-state index is 0.231. The third kappa shape index (κ3) is 2.17. The predicted octanol–water partition coefficient (Wildman–Crippen LogP) is 3.29. The van der Waals surface area contributed by atoms with E-state index in [2.05, 4.69) is 37.6 Å². The van der Waals surface area contributed by atoms with Crippen molar-refractivity contribution in [1.82, 2.24) is 4.57 Å². The van der Waals surface area contributed by atoms with Crippen molar-refractivity contribution in [3.63, 3.8) is 0 Å². The van der Waals surface area contributed by atoms with Gasteiger partial charge in [0.05, 0.1) is 6.10 Å². The highest BCUT2D eigenvalue weighted by molar-refractivity contribution is 5.29. The largest absolute Gasteiger partial charge is 0.388 e. The molecule has 1 aliphatic carbocycles. The molecule has 1 atom stereocenters. The number of rotatable bonds is 3. The molecule has 0 fully saturated rings. The first-order valence-electron chi connectivity index (χ1n) is 6.39. The van der Waals surface area contributed by atoms with Crippen molar-refractivity contribution in [3.8, 4) is 0 Å². The van der Waals surface area contributed by atoms with Crippen LogP contribution in [-0.2, 0) is 13.0 Å². The van der Waals surface area contributed by atoms with E-state index in [1.54, 1.807) is 0 Å². The Labute approximate surface area is 98.3 Å². The Morgan fingerprint density at radius 3 is 2.94 bits per heavy atom. The van der Waals surface area contributed by atoms with E-state index in [4.69, 9.17) is 0 Å². The first kappa shape index (κ1) is 11.7. The summed E-state index contributed by atoms with van der Waals surface area (Å²) < 4.78 is 2.34. The molecule has 16 heavy (non-hydrogen) atoms. The Bertz CT molecular complexity index is 365. The second kappa shape index (κ2) is 4.25. The maximum absolute atomic E-state index is 10.1. The Kier molecular flexibility index (Phi) is 3.11. The van der Waals surface area contributed by atoms with Crippen molar-refractivity contribution in [3.05, 3.63) is 23.5 Å². The van der Waals surface area contributed by atoms with Gasteiger partial charge >= 0.3 is 0 Å². The summed E-state index contributed by atoms with van der Waals surface area (Å²) in [6.45, 7) is 7.80. The maximum Gasteiger partial charge on any atom is 0.0812 e. The second-order valence-corrected chi connectivity index (χ2v) is 5.83. The van der Waals surface area contributed by atoms with Crippen molar-refractivity contribution >= 4 is 0 Å². The van der Waals surface area contributed by atoms with Gasteiger partial charge in [-0.1, -0.05) is 27.2 Å². The van der Waals surface area contributed by atoms with E-state index in [-0.39, 0.29) is 11.5 Å². The zero-order chi connectivity index (χ0) is 11.8. The lowest BCUT2D eigenvalue weighted by Gasteiger charge is -2.34. The van der Waals surface area contributed by atoms with Gasteiger partial charge in [-0.25, -0.2) is 0 Å². The van der Waals surface area contributed by atoms with Gasteiger partial charge in [0.25, 0.3) is 0 Å². The summed E-state index contributed by atoms with van der Waals surface area (Å²) in [7, 11) is 0. The predicted molar refractivity (Wildman–Crippen MR) is 66.4 cm³/mol. The molecule has 0 radical (unpaired) electrons. The Morgan fingerprint density at radius 2 is 2.25 bits per heavy atom. The lowest BCUT2D eigenvalue weighted by molar-refractivity contribution is 0.0979. The van der Waals surface area contributed by atoms with Gasteiger partial charge < -0.3 is 9.67 Å². The molecule has 0 bridgehead atoms. The molecule has 1 aromatic rings. The average molecular weight is 221 g/mol. The van der Waals surface area contributed by atoms with Gasteiger partial charge in [0.2, 0.25) is 0 Å². The third-order valence-corrected chi connectivity index (χ3v) is 3.62. The lowest BCUT2D eigenvalue weighted by Crippen LogP contribution is -2.26. The first-order valence-corrected chi connectivity index (χ1v) is 6.39. The van der Waals surface area contributed by atoms with E-state index in [1.807, 2.05) is 0 Å². The summed E-state index contributed by atoms with van der Waals surface area (Å²) in [6.07, 6.45) is 6.30. The van der Waals surface area contributed by atoms with Crippen LogP contribution in [0, 0.1) is 5.41 Å². The fraction of sp³-hybridized carbons (Fsp3) is 0.714. The van der Waals surface area contributed by atoms with Crippen molar-refractivity contribution in [2.45, 2.75) is 59.1 Å². The first-order chi connectivity index (χ1) is 7.53. The Morgan fingerprint density at radius 1 is 1.50 bits per heavy atom. The van der Waals surface area contributed by atoms with Gasteiger partial charge in [0.15, 0.2) is 0 Å². The van der Waals surface area contributed by atoms with Crippen LogP contribution in [0.1, 0.15) is 57.4 Å². The molecule has 2 rings (SSSR count). The smallest absolute Gasteiger partial charge is 0.0812 e. The van der Waals surface area contributed by atoms with Crippen LogP contribution in [0.2, 0.25) is 0 Å². The Hall–Kier alpha value is -0.760. The minimum Gasteiger partial charge on any atom is -0.388 e. The quantitative estimate of drug-likeness (QED) is 0.832. The summed E-state index contributed by atoms with van der Waals surface area (Å²) in [5.41, 5.74) is 2.75. The number of hydrogen-bond acceptors (Lipinski definition) is 1. The van der Waals surface area contributed by atoms with Crippen molar-refractivity contribution in [2.24, 2.45) is 5.41 Å². The van der Waals surface area contributed by atoms with Crippen molar-refractivity contribution in [2.75, 3.05) is 0 Å². The maximum atomic E-state index is 10.1. The molecule has 0 aliphatic heterocycles. The molecule has 0 aromatic carbocycles. The van der Waals surface area contributed by atoms with E-state index in [0.717, 1.165) is 24.9 Å². The van der Waals surface area contributed by atoms with Gasteiger partial charge in [-0.3, -0.25) is 0 Å². The summed E-state index contributed by atoms with van der Waals surface area (Å²) in [5.74, 6) is 0. The highest BCUT2D eigenvalue weighted by atomic mass is 16.3. The second-order valence-electron chi connectivity index (χ2n) is 5.83. The van der Waals surface area contributed by atoms with Gasteiger partial charge in [0.1, 0.15) is 0 Å². The van der Waals surface area contributed by atoms with Gasteiger partial charge in [-0.15, -0.1) is 0 Å². The number of aryl methyl sites for hydroxylation is 1. The molecule has 0 amide bonds. The van der Waals surface area contributed by atoms with E-state index >= 15 is 0 Å². The van der Waals surface area contributed by atoms with Crippen molar-refractivity contribution < 1.29 is 5.11 Å². The molecule has 2 nitrogen and oxygen atoms in total. The molecule has 0 spiro atoms. The van der Waals surface area contributed by atoms with Crippen LogP contribution in [-0.4, -0.2) is 9.67 Å². The molecule has 0 saturated carbocycles. The molecule has 1 aromatic heterocycles. The van der Waals surface area contributed by atoms with Gasteiger partial charge in [-0.2, -0.15) is 0 Å². The highest BCUT2D eigenvalue weighted by Gasteiger charge is 2.32. The van der Waals surface area contributed by atoms with Gasteiger partial charge in [-0.05, 0) is 30.7 Å². The van der Waals surface area contributed by atoms with Crippen LogP contribution in [0.4, 0.5) is 0 Å². The summed E-state index contributed by atoms with van der Waals surface area (Å²) in [4.78, 5) is 0. The number of fused-ring (bicyclic) bond motifs is 1. The van der Waals surface area contributed by atoms with E-state index in [0.29, 0.717) is 0 Å². The van der Waals surface area contributed by atoms with Gasteiger partial charge in [0, 0.05) is 24.0 Å². The molecule has 1 N–H and O–H groups in total. The van der Waals surface area contributed by atoms with Crippen LogP contribution in [0.15, 0.2) is 12.3 Å². The Balaban J connectivity index is 2.26. The third-order valence-electron chi connectivity index (χ3n) is 3.62. The summed E-state index contributed by atoms with van der Waals surface area (Å²) in [6, 6.07) is 2.10. The topological polar surface area (TPSA) is 25.2 Å². The highest BCUT2D eigenvalue weighted by Crippen LogP contribution is 2.41. The average Bonchev–Trinajstić information content (AvgIpc) is 2.56. The SMILES string of the molecule is CCCCn1ccc2c1CC(C)(C)CC2O. The van der Waals surface area contributed by atoms with Crippen LogP contribution in [0.5, 0.6) is 0 Å². The zero-order valence-electron chi connectivity index (χ0n) is 10.7. The lowest BCUT2D eigenvalue weighted by atomic mass is 9.75. The van der Waals surface area contributed by atoms with Crippen molar-refractivity contribution in [1.29, 1.82) is 0 Å². The molecular weight excluding hydrogens is 198 g/mol. The number of aromatic nitrogens is 1.